The summed E-state index contributed by atoms with van der Waals surface area (Å²) < 4.78 is 15.9. The maximum atomic E-state index is 12.3. The highest BCUT2D eigenvalue weighted by molar-refractivity contribution is 5.92. The predicted molar refractivity (Wildman–Crippen MR) is 112 cm³/mol. The molecule has 0 radical (unpaired) electrons. The first kappa shape index (κ1) is 20.7. The fourth-order valence-electron chi connectivity index (χ4n) is 3.62. The topological polar surface area (TPSA) is 77.0 Å². The number of methoxy groups -OCH3 is 3. The first-order valence-corrected chi connectivity index (χ1v) is 9.53. The number of carbonyl (C=O) groups is 1. The number of hydrogen-bond donors (Lipinski definition) is 2. The van der Waals surface area contributed by atoms with Gasteiger partial charge >= 0.3 is 0 Å². The van der Waals surface area contributed by atoms with Gasteiger partial charge in [0, 0.05) is 19.0 Å². The molecule has 0 aliphatic heterocycles. The number of amides is 1. The summed E-state index contributed by atoms with van der Waals surface area (Å²) in [6.07, 6.45) is 5.08. The number of rotatable bonds is 7. The molecule has 2 aromatic carbocycles. The van der Waals surface area contributed by atoms with Gasteiger partial charge in [0.2, 0.25) is 11.7 Å². The van der Waals surface area contributed by atoms with E-state index in [4.69, 9.17) is 14.2 Å². The summed E-state index contributed by atoms with van der Waals surface area (Å²) in [6, 6.07) is 11.6. The second-order valence-electron chi connectivity index (χ2n) is 7.18. The summed E-state index contributed by atoms with van der Waals surface area (Å²) in [4.78, 5) is 12.3. The lowest BCUT2D eigenvalue weighted by Gasteiger charge is -2.33. The van der Waals surface area contributed by atoms with Gasteiger partial charge in [-0.25, -0.2) is 0 Å². The monoisotopic (exact) mass is 397 g/mol. The lowest BCUT2D eigenvalue weighted by molar-refractivity contribution is -0.117. The van der Waals surface area contributed by atoms with Gasteiger partial charge in [0.15, 0.2) is 11.5 Å². The number of hydrogen-bond acceptors (Lipinski definition) is 5. The van der Waals surface area contributed by atoms with Gasteiger partial charge < -0.3 is 24.6 Å². The Morgan fingerprint density at radius 1 is 1.10 bits per heavy atom. The van der Waals surface area contributed by atoms with Crippen LogP contribution in [0.25, 0.3) is 6.08 Å². The van der Waals surface area contributed by atoms with E-state index >= 15 is 0 Å². The molecule has 1 aliphatic rings. The van der Waals surface area contributed by atoms with E-state index in [1.54, 1.807) is 32.4 Å². The standard InChI is InChI=1S/C23H27NO5/c1-27-19-12-16(13-20(28-2)22(19)29-3)8-9-21(25)24-15-23(26)11-10-17-6-4-5-7-18(17)14-23/h4-9,12-13,26H,10-11,14-15H2,1-3H3,(H,24,25). The minimum Gasteiger partial charge on any atom is -0.493 e. The summed E-state index contributed by atoms with van der Waals surface area (Å²) in [5.74, 6) is 1.26. The first-order chi connectivity index (χ1) is 14.0. The van der Waals surface area contributed by atoms with Gasteiger partial charge in [-0.3, -0.25) is 4.79 Å². The van der Waals surface area contributed by atoms with E-state index in [9.17, 15) is 9.90 Å². The van der Waals surface area contributed by atoms with Crippen LogP contribution >= 0.6 is 0 Å². The minimum absolute atomic E-state index is 0.208. The van der Waals surface area contributed by atoms with Crippen LogP contribution in [0.5, 0.6) is 17.2 Å². The van der Waals surface area contributed by atoms with Gasteiger partial charge in [-0.15, -0.1) is 0 Å². The Balaban J connectivity index is 1.63. The fourth-order valence-corrected chi connectivity index (χ4v) is 3.62. The summed E-state index contributed by atoms with van der Waals surface area (Å²) in [6.45, 7) is 0.208. The molecule has 0 saturated heterocycles. The lowest BCUT2D eigenvalue weighted by atomic mass is 9.80. The number of aryl methyl sites for hydroxylation is 1. The molecule has 0 fully saturated rings. The summed E-state index contributed by atoms with van der Waals surface area (Å²) in [5.41, 5.74) is 2.22. The van der Waals surface area contributed by atoms with Crippen molar-refractivity contribution in [3.05, 3.63) is 59.2 Å². The van der Waals surface area contributed by atoms with Crippen molar-refractivity contribution >= 4 is 12.0 Å². The van der Waals surface area contributed by atoms with Gasteiger partial charge in [0.05, 0.1) is 26.9 Å². The molecule has 154 valence electrons. The van der Waals surface area contributed by atoms with Crippen molar-refractivity contribution < 1.29 is 24.1 Å². The number of fused-ring (bicyclic) bond motifs is 1. The van der Waals surface area contributed by atoms with E-state index in [2.05, 4.69) is 11.4 Å². The molecular weight excluding hydrogens is 370 g/mol. The summed E-state index contributed by atoms with van der Waals surface area (Å²) >= 11 is 0. The third kappa shape index (κ3) is 4.90. The molecule has 0 aromatic heterocycles. The largest absolute Gasteiger partial charge is 0.493 e. The molecule has 1 unspecified atom stereocenters. The number of ether oxygens (including phenoxy) is 3. The van der Waals surface area contributed by atoms with E-state index in [-0.39, 0.29) is 12.5 Å². The molecule has 1 amide bonds. The van der Waals surface area contributed by atoms with Gasteiger partial charge in [-0.2, -0.15) is 0 Å². The fraction of sp³-hybridized carbons (Fsp3) is 0.348. The number of carbonyl (C=O) groups excluding carboxylic acids is 1. The molecular formula is C23H27NO5. The van der Waals surface area contributed by atoms with Crippen LogP contribution in [0.1, 0.15) is 23.1 Å². The highest BCUT2D eigenvalue weighted by atomic mass is 16.5. The molecule has 0 heterocycles. The minimum atomic E-state index is -0.926. The van der Waals surface area contributed by atoms with Crippen LogP contribution < -0.4 is 19.5 Å². The molecule has 3 rings (SSSR count). The zero-order valence-electron chi connectivity index (χ0n) is 17.0. The number of nitrogens with one attached hydrogen (secondary N) is 1. The second kappa shape index (κ2) is 9.01. The van der Waals surface area contributed by atoms with Crippen molar-refractivity contribution in [2.24, 2.45) is 0 Å². The van der Waals surface area contributed by atoms with Crippen molar-refractivity contribution in [1.82, 2.24) is 5.32 Å². The molecule has 2 aromatic rings. The quantitative estimate of drug-likeness (QED) is 0.703. The molecule has 2 N–H and O–H groups in total. The van der Waals surface area contributed by atoms with Gasteiger partial charge in [0.25, 0.3) is 0 Å². The Kier molecular flexibility index (Phi) is 6.44. The van der Waals surface area contributed by atoms with Crippen LogP contribution in [-0.2, 0) is 17.6 Å². The Morgan fingerprint density at radius 2 is 1.76 bits per heavy atom. The van der Waals surface area contributed by atoms with Crippen LogP contribution in [0.4, 0.5) is 0 Å². The highest BCUT2D eigenvalue weighted by Gasteiger charge is 2.32. The number of aliphatic hydroxyl groups is 1. The smallest absolute Gasteiger partial charge is 0.244 e. The molecule has 1 atom stereocenters. The van der Waals surface area contributed by atoms with E-state index in [1.165, 1.54) is 18.7 Å². The molecule has 0 spiro atoms. The van der Waals surface area contributed by atoms with Gasteiger partial charge in [-0.05, 0) is 47.7 Å². The van der Waals surface area contributed by atoms with Crippen LogP contribution in [0, 0.1) is 0 Å². The van der Waals surface area contributed by atoms with Gasteiger partial charge in [0.1, 0.15) is 0 Å². The number of benzene rings is 2. The molecule has 0 saturated carbocycles. The SMILES string of the molecule is COc1cc(C=CC(=O)NCC2(O)CCc3ccccc3C2)cc(OC)c1OC. The van der Waals surface area contributed by atoms with Crippen LogP contribution in [0.3, 0.4) is 0 Å². The van der Waals surface area contributed by atoms with Gasteiger partial charge in [-0.1, -0.05) is 24.3 Å². The zero-order chi connectivity index (χ0) is 20.9. The van der Waals surface area contributed by atoms with Crippen molar-refractivity contribution in [2.45, 2.75) is 24.9 Å². The van der Waals surface area contributed by atoms with E-state index in [0.29, 0.717) is 30.1 Å². The average molecular weight is 397 g/mol. The molecule has 6 nitrogen and oxygen atoms in total. The van der Waals surface area contributed by atoms with E-state index < -0.39 is 5.60 Å². The highest BCUT2D eigenvalue weighted by Crippen LogP contribution is 2.38. The molecule has 0 bridgehead atoms. The summed E-state index contributed by atoms with van der Waals surface area (Å²) in [5, 5.41) is 13.7. The Morgan fingerprint density at radius 3 is 2.38 bits per heavy atom. The Hall–Kier alpha value is -2.99. The van der Waals surface area contributed by atoms with Crippen LogP contribution in [0.15, 0.2) is 42.5 Å². The Labute approximate surface area is 171 Å². The zero-order valence-corrected chi connectivity index (χ0v) is 17.0. The van der Waals surface area contributed by atoms with E-state index in [1.807, 2.05) is 18.2 Å². The average Bonchev–Trinajstić information content (AvgIpc) is 2.75. The Bertz CT molecular complexity index is 883. The molecule has 1 aliphatic carbocycles. The maximum absolute atomic E-state index is 12.3. The van der Waals surface area contributed by atoms with Crippen molar-refractivity contribution in [1.29, 1.82) is 0 Å². The van der Waals surface area contributed by atoms with E-state index in [0.717, 1.165) is 17.5 Å². The molecule has 6 heteroatoms. The van der Waals surface area contributed by atoms with Crippen LogP contribution in [-0.4, -0.2) is 44.5 Å². The third-order valence-corrected chi connectivity index (χ3v) is 5.20. The van der Waals surface area contributed by atoms with Crippen molar-refractivity contribution in [3.8, 4) is 17.2 Å². The van der Waals surface area contributed by atoms with Crippen LogP contribution in [0.2, 0.25) is 0 Å². The third-order valence-electron chi connectivity index (χ3n) is 5.20. The predicted octanol–water partition coefficient (Wildman–Crippen LogP) is 2.76. The van der Waals surface area contributed by atoms with Crippen molar-refractivity contribution in [3.63, 3.8) is 0 Å². The second-order valence-corrected chi connectivity index (χ2v) is 7.18. The molecule has 29 heavy (non-hydrogen) atoms. The summed E-state index contributed by atoms with van der Waals surface area (Å²) in [7, 11) is 4.62. The maximum Gasteiger partial charge on any atom is 0.244 e. The van der Waals surface area contributed by atoms with Crippen molar-refractivity contribution in [2.75, 3.05) is 27.9 Å². The normalized spacial score (nSPS) is 18.2. The first-order valence-electron chi connectivity index (χ1n) is 9.53. The lowest BCUT2D eigenvalue weighted by Crippen LogP contribution is -2.46.